The molecule has 0 spiro atoms. The molecule has 0 aromatic carbocycles. The highest BCUT2D eigenvalue weighted by Crippen LogP contribution is 2.07. The van der Waals surface area contributed by atoms with Gasteiger partial charge in [0.2, 0.25) is 0 Å². The molecule has 0 bridgehead atoms. The van der Waals surface area contributed by atoms with Gasteiger partial charge >= 0.3 is 6.09 Å². The molecule has 3 N–H and O–H groups in total. The van der Waals surface area contributed by atoms with Gasteiger partial charge in [-0.1, -0.05) is 0 Å². The normalized spacial score (nSPS) is 13.2. The van der Waals surface area contributed by atoms with Crippen LogP contribution in [-0.2, 0) is 9.57 Å². The highest BCUT2D eigenvalue weighted by Gasteiger charge is 2.25. The Balaban J connectivity index is 4.50. The standard InChI is InChI=1S/C10H21N3O4/c1-9(2,3)16-8(14)13-12-7(17-11-6)10(4,5)15/h11,15H,1-6H3,(H,13,14)/b12-7-. The van der Waals surface area contributed by atoms with E-state index >= 15 is 0 Å². The summed E-state index contributed by atoms with van der Waals surface area (Å²) >= 11 is 0. The maximum absolute atomic E-state index is 11.3. The van der Waals surface area contributed by atoms with Gasteiger partial charge in [-0.15, -0.1) is 5.10 Å². The van der Waals surface area contributed by atoms with Crippen LogP contribution < -0.4 is 10.9 Å². The third-order valence-corrected chi connectivity index (χ3v) is 1.37. The van der Waals surface area contributed by atoms with E-state index in [1.807, 2.05) is 0 Å². The van der Waals surface area contributed by atoms with Crippen molar-refractivity contribution in [2.24, 2.45) is 5.10 Å². The molecule has 0 aromatic rings. The van der Waals surface area contributed by atoms with Gasteiger partial charge in [0.1, 0.15) is 11.2 Å². The predicted octanol–water partition coefficient (Wildman–Crippen LogP) is 0.746. The monoisotopic (exact) mass is 247 g/mol. The Labute approximate surface area is 101 Å². The summed E-state index contributed by atoms with van der Waals surface area (Å²) in [6.45, 7) is 8.14. The molecule has 100 valence electrons. The zero-order chi connectivity index (χ0) is 13.7. The van der Waals surface area contributed by atoms with Crippen LogP contribution in [0, 0.1) is 0 Å². The number of hydrazone groups is 1. The molecule has 0 atom stereocenters. The number of aliphatic hydroxyl groups is 1. The molecular weight excluding hydrogens is 226 g/mol. The Morgan fingerprint density at radius 2 is 1.76 bits per heavy atom. The summed E-state index contributed by atoms with van der Waals surface area (Å²) < 4.78 is 4.96. The molecule has 0 aromatic heterocycles. The molecule has 7 heteroatoms. The molecule has 0 unspecified atom stereocenters. The zero-order valence-corrected chi connectivity index (χ0v) is 11.1. The molecule has 0 aliphatic heterocycles. The van der Waals surface area contributed by atoms with Gasteiger partial charge in [0.05, 0.1) is 0 Å². The lowest BCUT2D eigenvalue weighted by atomic mass is 10.1. The molecule has 17 heavy (non-hydrogen) atoms. The van der Waals surface area contributed by atoms with Crippen molar-refractivity contribution >= 4 is 12.0 Å². The maximum atomic E-state index is 11.3. The first kappa shape index (κ1) is 15.7. The third-order valence-electron chi connectivity index (χ3n) is 1.37. The van der Waals surface area contributed by atoms with E-state index < -0.39 is 17.3 Å². The molecule has 0 saturated heterocycles. The highest BCUT2D eigenvalue weighted by molar-refractivity contribution is 5.84. The smallest absolute Gasteiger partial charge is 0.428 e. The Hall–Kier alpha value is -1.34. The van der Waals surface area contributed by atoms with Crippen molar-refractivity contribution in [2.45, 2.75) is 45.8 Å². The molecule has 0 aliphatic rings. The fourth-order valence-corrected chi connectivity index (χ4v) is 0.779. The number of hydrogen-bond donors (Lipinski definition) is 3. The summed E-state index contributed by atoms with van der Waals surface area (Å²) in [6.07, 6.45) is -0.723. The van der Waals surface area contributed by atoms with E-state index in [-0.39, 0.29) is 5.90 Å². The maximum Gasteiger partial charge on any atom is 0.428 e. The summed E-state index contributed by atoms with van der Waals surface area (Å²) in [6, 6.07) is 0. The van der Waals surface area contributed by atoms with Crippen molar-refractivity contribution in [1.82, 2.24) is 10.9 Å². The largest absolute Gasteiger partial charge is 0.443 e. The van der Waals surface area contributed by atoms with Crippen molar-refractivity contribution in [1.29, 1.82) is 0 Å². The molecule has 0 saturated carbocycles. The van der Waals surface area contributed by atoms with E-state index in [9.17, 15) is 9.90 Å². The molecule has 0 heterocycles. The fraction of sp³-hybridized carbons (Fsp3) is 0.800. The quantitative estimate of drug-likeness (QED) is 0.389. The molecular formula is C10H21N3O4. The lowest BCUT2D eigenvalue weighted by Gasteiger charge is -2.20. The van der Waals surface area contributed by atoms with Crippen molar-refractivity contribution in [2.75, 3.05) is 7.05 Å². The number of amides is 1. The molecule has 1 amide bonds. The van der Waals surface area contributed by atoms with Gasteiger partial charge in [-0.2, -0.15) is 5.48 Å². The van der Waals surface area contributed by atoms with Gasteiger partial charge in [-0.05, 0) is 34.6 Å². The summed E-state index contributed by atoms with van der Waals surface area (Å²) in [5.41, 5.74) is 2.56. The van der Waals surface area contributed by atoms with Crippen molar-refractivity contribution < 1.29 is 19.5 Å². The van der Waals surface area contributed by atoms with Crippen molar-refractivity contribution in [3.8, 4) is 0 Å². The van der Waals surface area contributed by atoms with E-state index in [1.165, 1.54) is 20.9 Å². The summed E-state index contributed by atoms with van der Waals surface area (Å²) in [7, 11) is 1.51. The minimum absolute atomic E-state index is 0.0779. The predicted molar refractivity (Wildman–Crippen MR) is 63.2 cm³/mol. The van der Waals surface area contributed by atoms with Crippen LogP contribution in [0.2, 0.25) is 0 Å². The summed E-state index contributed by atoms with van der Waals surface area (Å²) in [5.74, 6) is -0.0779. The van der Waals surface area contributed by atoms with Crippen LogP contribution in [-0.4, -0.2) is 35.3 Å². The summed E-state index contributed by atoms with van der Waals surface area (Å²) in [5, 5.41) is 13.3. The van der Waals surface area contributed by atoms with E-state index in [2.05, 4.69) is 16.0 Å². The number of carbonyl (C=O) groups excluding carboxylic acids is 1. The van der Waals surface area contributed by atoms with E-state index in [0.29, 0.717) is 0 Å². The Morgan fingerprint density at radius 3 is 2.12 bits per heavy atom. The van der Waals surface area contributed by atoms with E-state index in [0.717, 1.165) is 0 Å². The van der Waals surface area contributed by atoms with E-state index in [1.54, 1.807) is 20.8 Å². The minimum Gasteiger partial charge on any atom is -0.443 e. The fourth-order valence-electron chi connectivity index (χ4n) is 0.779. The van der Waals surface area contributed by atoms with Crippen LogP contribution in [0.15, 0.2) is 5.10 Å². The highest BCUT2D eigenvalue weighted by atomic mass is 16.7. The Bertz CT molecular complexity index is 289. The number of nitrogens with zero attached hydrogens (tertiary/aromatic N) is 1. The lowest BCUT2D eigenvalue weighted by molar-refractivity contribution is 0.0515. The number of ether oxygens (including phenoxy) is 1. The Morgan fingerprint density at radius 1 is 1.24 bits per heavy atom. The van der Waals surface area contributed by atoms with Crippen LogP contribution >= 0.6 is 0 Å². The SMILES string of the molecule is CNO/C(=N\NC(=O)OC(C)(C)C)C(C)(C)O. The van der Waals surface area contributed by atoms with Gasteiger partial charge in [-0.3, -0.25) is 0 Å². The summed E-state index contributed by atoms with van der Waals surface area (Å²) in [4.78, 5) is 16.2. The molecule has 0 fully saturated rings. The van der Waals surface area contributed by atoms with Crippen LogP contribution in [0.5, 0.6) is 0 Å². The van der Waals surface area contributed by atoms with Gasteiger partial charge in [0.25, 0.3) is 5.90 Å². The first-order valence-electron chi connectivity index (χ1n) is 5.19. The second kappa shape index (κ2) is 5.83. The molecule has 7 nitrogen and oxygen atoms in total. The average Bonchev–Trinajstić information content (AvgIpc) is 2.07. The van der Waals surface area contributed by atoms with Crippen LogP contribution in [0.3, 0.4) is 0 Å². The van der Waals surface area contributed by atoms with Crippen LogP contribution in [0.1, 0.15) is 34.6 Å². The number of nitrogens with one attached hydrogen (secondary N) is 2. The zero-order valence-electron chi connectivity index (χ0n) is 11.1. The van der Waals surface area contributed by atoms with Crippen molar-refractivity contribution in [3.05, 3.63) is 0 Å². The van der Waals surface area contributed by atoms with Gasteiger partial charge in [-0.25, -0.2) is 10.2 Å². The first-order chi connectivity index (χ1) is 7.56. The lowest BCUT2D eigenvalue weighted by Crippen LogP contribution is -2.39. The second-order valence-corrected chi connectivity index (χ2v) is 4.90. The van der Waals surface area contributed by atoms with E-state index in [4.69, 9.17) is 9.57 Å². The first-order valence-corrected chi connectivity index (χ1v) is 5.19. The average molecular weight is 247 g/mol. The van der Waals surface area contributed by atoms with Crippen LogP contribution in [0.4, 0.5) is 4.79 Å². The Kier molecular flexibility index (Phi) is 5.37. The van der Waals surface area contributed by atoms with Crippen LogP contribution in [0.25, 0.3) is 0 Å². The minimum atomic E-state index is -1.32. The van der Waals surface area contributed by atoms with Crippen molar-refractivity contribution in [3.63, 3.8) is 0 Å². The molecule has 0 rings (SSSR count). The number of hydrogen-bond acceptors (Lipinski definition) is 6. The van der Waals surface area contributed by atoms with Gasteiger partial charge in [0, 0.05) is 7.05 Å². The number of carbonyl (C=O) groups is 1. The molecule has 0 radical (unpaired) electrons. The van der Waals surface area contributed by atoms with Gasteiger partial charge in [0.15, 0.2) is 0 Å². The topological polar surface area (TPSA) is 92.2 Å². The third kappa shape index (κ3) is 7.53. The second-order valence-electron chi connectivity index (χ2n) is 4.90. The number of rotatable bonds is 3. The number of hydroxylamine groups is 1. The van der Waals surface area contributed by atoms with Gasteiger partial charge < -0.3 is 14.7 Å². The molecule has 0 aliphatic carbocycles.